The van der Waals surface area contributed by atoms with E-state index >= 15 is 0 Å². The minimum absolute atomic E-state index is 0.154. The van der Waals surface area contributed by atoms with Gasteiger partial charge in [0.2, 0.25) is 5.91 Å². The lowest BCUT2D eigenvalue weighted by atomic mass is 9.87. The highest BCUT2D eigenvalue weighted by Crippen LogP contribution is 2.37. The summed E-state index contributed by atoms with van der Waals surface area (Å²) < 4.78 is 0. The molecule has 4 rings (SSSR count). The molecule has 0 bridgehead atoms. The van der Waals surface area contributed by atoms with Crippen molar-refractivity contribution in [1.29, 1.82) is 0 Å². The summed E-state index contributed by atoms with van der Waals surface area (Å²) in [5, 5.41) is 0. The van der Waals surface area contributed by atoms with Crippen LogP contribution in [0.25, 0.3) is 0 Å². The molecule has 1 saturated carbocycles. The van der Waals surface area contributed by atoms with Gasteiger partial charge in [0.15, 0.2) is 0 Å². The lowest BCUT2D eigenvalue weighted by Crippen LogP contribution is -2.52. The predicted molar refractivity (Wildman–Crippen MR) is 92.1 cm³/mol. The lowest BCUT2D eigenvalue weighted by Gasteiger charge is -2.39. The van der Waals surface area contributed by atoms with Gasteiger partial charge in [0.05, 0.1) is 0 Å². The van der Waals surface area contributed by atoms with E-state index in [1.807, 2.05) is 0 Å². The van der Waals surface area contributed by atoms with E-state index in [9.17, 15) is 4.79 Å². The quantitative estimate of drug-likeness (QED) is 0.795. The van der Waals surface area contributed by atoms with Gasteiger partial charge in [0.1, 0.15) is 0 Å². The van der Waals surface area contributed by atoms with Gasteiger partial charge in [-0.2, -0.15) is 0 Å². The van der Waals surface area contributed by atoms with Gasteiger partial charge in [-0.15, -0.1) is 0 Å². The van der Waals surface area contributed by atoms with Crippen molar-refractivity contribution in [3.05, 3.63) is 35.4 Å². The van der Waals surface area contributed by atoms with Crippen LogP contribution in [0.1, 0.15) is 49.7 Å². The molecule has 2 fully saturated rings. The number of amides is 1. The van der Waals surface area contributed by atoms with Crippen molar-refractivity contribution in [2.45, 2.75) is 57.0 Å². The molecule has 1 saturated heterocycles. The fraction of sp³-hybridized carbons (Fsp3) is 0.650. The summed E-state index contributed by atoms with van der Waals surface area (Å²) in [6.07, 6.45) is 8.21. The third-order valence-corrected chi connectivity index (χ3v) is 6.45. The Kier molecular flexibility index (Phi) is 3.92. The van der Waals surface area contributed by atoms with Crippen LogP contribution in [0, 0.1) is 5.92 Å². The molecule has 23 heavy (non-hydrogen) atoms. The Morgan fingerprint density at radius 1 is 1.13 bits per heavy atom. The van der Waals surface area contributed by atoms with E-state index in [0.717, 1.165) is 38.9 Å². The first kappa shape index (κ1) is 15.2. The number of nitrogens with zero attached hydrogens (tertiary/aromatic N) is 2. The van der Waals surface area contributed by atoms with Crippen molar-refractivity contribution in [2.24, 2.45) is 5.92 Å². The number of rotatable bonds is 1. The van der Waals surface area contributed by atoms with Gasteiger partial charge in [0.25, 0.3) is 0 Å². The van der Waals surface area contributed by atoms with Gasteiger partial charge in [-0.25, -0.2) is 0 Å². The van der Waals surface area contributed by atoms with Crippen LogP contribution in [0.3, 0.4) is 0 Å². The topological polar surface area (TPSA) is 23.6 Å². The summed E-state index contributed by atoms with van der Waals surface area (Å²) in [4.78, 5) is 17.8. The molecular formula is C20H28N2O. The summed E-state index contributed by atoms with van der Waals surface area (Å²) in [6, 6.07) is 8.76. The molecule has 1 spiro atoms. The summed E-state index contributed by atoms with van der Waals surface area (Å²) in [6.45, 7) is 2.88. The average Bonchev–Trinajstić information content (AvgIpc) is 3.15. The zero-order valence-electron chi connectivity index (χ0n) is 14.3. The van der Waals surface area contributed by atoms with Crippen molar-refractivity contribution in [1.82, 2.24) is 9.80 Å². The second kappa shape index (κ2) is 5.94. The monoisotopic (exact) mass is 312 g/mol. The van der Waals surface area contributed by atoms with Crippen LogP contribution in [0.2, 0.25) is 0 Å². The van der Waals surface area contributed by atoms with Crippen molar-refractivity contribution < 1.29 is 4.79 Å². The number of carbonyl (C=O) groups is 1. The summed E-state index contributed by atoms with van der Waals surface area (Å²) >= 11 is 0. The number of hydrogen-bond acceptors (Lipinski definition) is 2. The fourth-order valence-corrected chi connectivity index (χ4v) is 4.99. The Labute approximate surface area is 139 Å². The molecule has 2 heterocycles. The molecule has 1 aliphatic carbocycles. The smallest absolute Gasteiger partial charge is 0.226 e. The second-order valence-electron chi connectivity index (χ2n) is 7.87. The van der Waals surface area contributed by atoms with Crippen LogP contribution < -0.4 is 0 Å². The van der Waals surface area contributed by atoms with E-state index in [2.05, 4.69) is 41.1 Å². The highest BCUT2D eigenvalue weighted by Gasteiger charge is 2.44. The van der Waals surface area contributed by atoms with Crippen molar-refractivity contribution in [2.75, 3.05) is 20.1 Å². The molecule has 0 aromatic heterocycles. The highest BCUT2D eigenvalue weighted by molar-refractivity contribution is 5.79. The number of fused-ring (bicyclic) bond motifs is 1. The predicted octanol–water partition coefficient (Wildman–Crippen LogP) is 3.23. The van der Waals surface area contributed by atoms with E-state index < -0.39 is 0 Å². The minimum atomic E-state index is 0.154. The second-order valence-corrected chi connectivity index (χ2v) is 7.87. The van der Waals surface area contributed by atoms with Gasteiger partial charge in [-0.1, -0.05) is 37.1 Å². The van der Waals surface area contributed by atoms with Gasteiger partial charge in [-0.05, 0) is 56.8 Å². The molecule has 3 heteroatoms. The number of hydrogen-bond donors (Lipinski definition) is 0. The van der Waals surface area contributed by atoms with E-state index in [0.29, 0.717) is 5.91 Å². The maximum absolute atomic E-state index is 13.1. The molecule has 1 unspecified atom stereocenters. The molecule has 0 radical (unpaired) electrons. The van der Waals surface area contributed by atoms with Crippen LogP contribution in [-0.2, 0) is 17.8 Å². The average molecular weight is 312 g/mol. The third kappa shape index (κ3) is 2.69. The minimum Gasteiger partial charge on any atom is -0.336 e. The summed E-state index contributed by atoms with van der Waals surface area (Å²) in [5.41, 5.74) is 2.96. The van der Waals surface area contributed by atoms with Crippen LogP contribution >= 0.6 is 0 Å². The van der Waals surface area contributed by atoms with Crippen molar-refractivity contribution in [3.8, 4) is 0 Å². The van der Waals surface area contributed by atoms with Gasteiger partial charge in [-0.3, -0.25) is 9.69 Å². The number of carbonyl (C=O) groups excluding carboxylic acids is 1. The Morgan fingerprint density at radius 3 is 2.57 bits per heavy atom. The fourth-order valence-electron chi connectivity index (χ4n) is 4.99. The molecule has 124 valence electrons. The number of likely N-dealkylation sites (N-methyl/N-ethyl adjacent to an activating group) is 1. The Balaban J connectivity index is 1.68. The summed E-state index contributed by atoms with van der Waals surface area (Å²) in [7, 11) is 2.25. The molecule has 3 nitrogen and oxygen atoms in total. The van der Waals surface area contributed by atoms with Gasteiger partial charge in [0, 0.05) is 24.5 Å². The van der Waals surface area contributed by atoms with Crippen LogP contribution in [0.4, 0.5) is 0 Å². The van der Waals surface area contributed by atoms with Crippen molar-refractivity contribution >= 4 is 5.91 Å². The molecular weight excluding hydrogens is 284 g/mol. The maximum atomic E-state index is 13.1. The normalized spacial score (nSPS) is 29.0. The molecule has 1 amide bonds. The number of likely N-dealkylation sites (tertiary alicyclic amines) is 1. The molecule has 3 aliphatic rings. The Hall–Kier alpha value is -1.35. The zero-order chi connectivity index (χ0) is 15.9. The first-order chi connectivity index (χ1) is 11.2. The third-order valence-electron chi connectivity index (χ3n) is 6.45. The highest BCUT2D eigenvalue weighted by atomic mass is 16.2. The van der Waals surface area contributed by atoms with E-state index in [4.69, 9.17) is 0 Å². The van der Waals surface area contributed by atoms with E-state index in [-0.39, 0.29) is 11.5 Å². The lowest BCUT2D eigenvalue weighted by molar-refractivity contribution is -0.137. The van der Waals surface area contributed by atoms with Gasteiger partial charge >= 0.3 is 0 Å². The molecule has 2 aliphatic heterocycles. The molecule has 1 aromatic carbocycles. The first-order valence-electron chi connectivity index (χ1n) is 9.25. The van der Waals surface area contributed by atoms with E-state index in [1.165, 1.54) is 36.8 Å². The Bertz CT molecular complexity index is 593. The van der Waals surface area contributed by atoms with Gasteiger partial charge < -0.3 is 4.90 Å². The number of benzene rings is 1. The first-order valence-corrected chi connectivity index (χ1v) is 9.25. The standard InChI is InChI=1S/C20H28N2O/c1-21-12-6-11-20(21)13-17-9-4-5-10-18(17)14-22(15-20)19(23)16-7-2-3-8-16/h4-5,9-10,16H,2-3,6-8,11-15H2,1H3. The van der Waals surface area contributed by atoms with Crippen LogP contribution in [0.5, 0.6) is 0 Å². The molecule has 1 atom stereocenters. The van der Waals surface area contributed by atoms with Crippen molar-refractivity contribution in [3.63, 3.8) is 0 Å². The molecule has 1 aromatic rings. The zero-order valence-corrected chi connectivity index (χ0v) is 14.3. The largest absolute Gasteiger partial charge is 0.336 e. The molecule has 0 N–H and O–H groups in total. The van der Waals surface area contributed by atoms with Crippen LogP contribution in [0.15, 0.2) is 24.3 Å². The van der Waals surface area contributed by atoms with Crippen LogP contribution in [-0.4, -0.2) is 41.4 Å². The van der Waals surface area contributed by atoms with E-state index in [1.54, 1.807) is 0 Å². The SMILES string of the molecule is CN1CCCC12Cc1ccccc1CN(C(=O)C1CCCC1)C2. The maximum Gasteiger partial charge on any atom is 0.226 e. The Morgan fingerprint density at radius 2 is 1.87 bits per heavy atom. The summed E-state index contributed by atoms with van der Waals surface area (Å²) in [5.74, 6) is 0.697.